The fourth-order valence-electron chi connectivity index (χ4n) is 2.60. The van der Waals surface area contributed by atoms with E-state index in [0.29, 0.717) is 6.10 Å². The Morgan fingerprint density at radius 1 is 1.00 bits per heavy atom. The van der Waals surface area contributed by atoms with Gasteiger partial charge in [0.15, 0.2) is 0 Å². The summed E-state index contributed by atoms with van der Waals surface area (Å²) >= 11 is 0. The van der Waals surface area contributed by atoms with E-state index in [1.165, 1.54) is 57.9 Å². The molecule has 1 unspecified atom stereocenters. The lowest BCUT2D eigenvalue weighted by Crippen LogP contribution is -2.35. The molecule has 0 aromatic heterocycles. The van der Waals surface area contributed by atoms with Gasteiger partial charge in [0.05, 0.1) is 6.10 Å². The predicted octanol–water partition coefficient (Wildman–Crippen LogP) is 2.48. The van der Waals surface area contributed by atoms with Crippen LogP contribution in [0.25, 0.3) is 0 Å². The summed E-state index contributed by atoms with van der Waals surface area (Å²) in [5.74, 6) is 0. The Hall–Kier alpha value is -0.0800. The minimum absolute atomic E-state index is 0.596. The average Bonchev–Trinajstić information content (AvgIpc) is 2.72. The largest absolute Gasteiger partial charge is 0.378 e. The molecule has 2 heteroatoms. The SMILES string of the molecule is C1CCC(CCOC2CCCC2)NC1. The lowest BCUT2D eigenvalue weighted by molar-refractivity contribution is 0.0506. The van der Waals surface area contributed by atoms with Crippen molar-refractivity contribution in [2.24, 2.45) is 0 Å². The zero-order valence-corrected chi connectivity index (χ0v) is 9.13. The number of rotatable bonds is 4. The van der Waals surface area contributed by atoms with E-state index in [4.69, 9.17) is 4.74 Å². The van der Waals surface area contributed by atoms with Gasteiger partial charge in [-0.25, -0.2) is 0 Å². The first-order valence-electron chi connectivity index (χ1n) is 6.30. The van der Waals surface area contributed by atoms with E-state index in [-0.39, 0.29) is 0 Å². The van der Waals surface area contributed by atoms with Crippen LogP contribution in [-0.4, -0.2) is 25.3 Å². The molecule has 0 radical (unpaired) electrons. The zero-order chi connectivity index (χ0) is 9.64. The second kappa shape index (κ2) is 5.72. The first-order chi connectivity index (χ1) is 6.95. The molecule has 1 saturated heterocycles. The van der Waals surface area contributed by atoms with Crippen molar-refractivity contribution in [2.75, 3.05) is 13.2 Å². The molecule has 2 aliphatic rings. The fourth-order valence-corrected chi connectivity index (χ4v) is 2.60. The summed E-state index contributed by atoms with van der Waals surface area (Å²) in [4.78, 5) is 0. The highest BCUT2D eigenvalue weighted by Gasteiger charge is 2.16. The standard InChI is InChI=1S/C12H23NO/c1-2-7-12(6-1)14-10-8-11-5-3-4-9-13-11/h11-13H,1-10H2. The molecule has 1 atom stereocenters. The Balaban J connectivity index is 1.52. The van der Waals surface area contributed by atoms with E-state index >= 15 is 0 Å². The summed E-state index contributed by atoms with van der Waals surface area (Å²) in [5.41, 5.74) is 0. The maximum Gasteiger partial charge on any atom is 0.0575 e. The van der Waals surface area contributed by atoms with Gasteiger partial charge < -0.3 is 10.1 Å². The second-order valence-electron chi connectivity index (χ2n) is 4.71. The van der Waals surface area contributed by atoms with Crippen molar-refractivity contribution >= 4 is 0 Å². The first-order valence-corrected chi connectivity index (χ1v) is 6.30. The third-order valence-electron chi connectivity index (χ3n) is 3.53. The number of piperidine rings is 1. The van der Waals surface area contributed by atoms with Gasteiger partial charge in [-0.15, -0.1) is 0 Å². The molecule has 0 amide bonds. The number of hydrogen-bond donors (Lipinski definition) is 1. The Morgan fingerprint density at radius 2 is 1.79 bits per heavy atom. The molecule has 2 fully saturated rings. The van der Waals surface area contributed by atoms with Gasteiger partial charge in [-0.1, -0.05) is 19.3 Å². The summed E-state index contributed by atoms with van der Waals surface area (Å²) in [7, 11) is 0. The monoisotopic (exact) mass is 197 g/mol. The van der Waals surface area contributed by atoms with Gasteiger partial charge in [-0.2, -0.15) is 0 Å². The lowest BCUT2D eigenvalue weighted by Gasteiger charge is -2.23. The molecular formula is C12H23NO. The molecular weight excluding hydrogens is 174 g/mol. The van der Waals surface area contributed by atoms with Crippen LogP contribution in [0.3, 0.4) is 0 Å². The highest BCUT2D eigenvalue weighted by molar-refractivity contribution is 4.72. The third-order valence-corrected chi connectivity index (χ3v) is 3.53. The molecule has 1 heterocycles. The van der Waals surface area contributed by atoms with Crippen molar-refractivity contribution < 1.29 is 4.74 Å². The van der Waals surface area contributed by atoms with Crippen LogP contribution >= 0.6 is 0 Å². The van der Waals surface area contributed by atoms with E-state index in [0.717, 1.165) is 12.6 Å². The smallest absolute Gasteiger partial charge is 0.0575 e. The maximum atomic E-state index is 5.87. The van der Waals surface area contributed by atoms with Gasteiger partial charge in [0.1, 0.15) is 0 Å². The molecule has 2 nitrogen and oxygen atoms in total. The van der Waals surface area contributed by atoms with Gasteiger partial charge in [0, 0.05) is 12.6 Å². The molecule has 0 bridgehead atoms. The van der Waals surface area contributed by atoms with E-state index in [9.17, 15) is 0 Å². The number of ether oxygens (including phenoxy) is 1. The van der Waals surface area contributed by atoms with Crippen molar-refractivity contribution in [1.29, 1.82) is 0 Å². The zero-order valence-electron chi connectivity index (χ0n) is 9.13. The molecule has 1 aliphatic heterocycles. The maximum absolute atomic E-state index is 5.87. The Bertz CT molecular complexity index is 148. The van der Waals surface area contributed by atoms with Crippen LogP contribution in [0.1, 0.15) is 51.4 Å². The average molecular weight is 197 g/mol. The quantitative estimate of drug-likeness (QED) is 0.747. The molecule has 1 saturated carbocycles. The fraction of sp³-hybridized carbons (Fsp3) is 1.00. The van der Waals surface area contributed by atoms with E-state index in [2.05, 4.69) is 5.32 Å². The minimum atomic E-state index is 0.596. The molecule has 2 rings (SSSR count). The van der Waals surface area contributed by atoms with Crippen LogP contribution in [0.2, 0.25) is 0 Å². The molecule has 1 N–H and O–H groups in total. The normalized spacial score (nSPS) is 29.6. The van der Waals surface area contributed by atoms with Gasteiger partial charge in [-0.05, 0) is 38.6 Å². The summed E-state index contributed by atoms with van der Waals surface area (Å²) in [6.45, 7) is 2.19. The highest BCUT2D eigenvalue weighted by Crippen LogP contribution is 2.21. The van der Waals surface area contributed by atoms with E-state index in [1.807, 2.05) is 0 Å². The summed E-state index contributed by atoms with van der Waals surface area (Å²) < 4.78 is 5.87. The van der Waals surface area contributed by atoms with Gasteiger partial charge >= 0.3 is 0 Å². The topological polar surface area (TPSA) is 21.3 Å². The van der Waals surface area contributed by atoms with Crippen LogP contribution in [0.5, 0.6) is 0 Å². The number of hydrogen-bond acceptors (Lipinski definition) is 2. The van der Waals surface area contributed by atoms with Crippen LogP contribution in [0.4, 0.5) is 0 Å². The van der Waals surface area contributed by atoms with Gasteiger partial charge in [0.2, 0.25) is 0 Å². The van der Waals surface area contributed by atoms with E-state index < -0.39 is 0 Å². The van der Waals surface area contributed by atoms with E-state index in [1.54, 1.807) is 0 Å². The summed E-state index contributed by atoms with van der Waals surface area (Å²) in [6.07, 6.45) is 11.3. The van der Waals surface area contributed by atoms with Crippen molar-refractivity contribution in [1.82, 2.24) is 5.32 Å². The first kappa shape index (κ1) is 10.4. The lowest BCUT2D eigenvalue weighted by atomic mass is 10.0. The number of nitrogens with one attached hydrogen (secondary N) is 1. The summed E-state index contributed by atoms with van der Waals surface area (Å²) in [6, 6.07) is 0.741. The second-order valence-corrected chi connectivity index (χ2v) is 4.71. The summed E-state index contributed by atoms with van der Waals surface area (Å²) in [5, 5.41) is 3.56. The molecule has 0 aromatic carbocycles. The molecule has 0 aromatic rings. The third kappa shape index (κ3) is 3.25. The Labute approximate surface area is 87.4 Å². The Kier molecular flexibility index (Phi) is 4.26. The minimum Gasteiger partial charge on any atom is -0.378 e. The molecule has 1 aliphatic carbocycles. The molecule has 0 spiro atoms. The van der Waals surface area contributed by atoms with Crippen LogP contribution in [-0.2, 0) is 4.74 Å². The van der Waals surface area contributed by atoms with Crippen LogP contribution < -0.4 is 5.32 Å². The molecule has 82 valence electrons. The van der Waals surface area contributed by atoms with Crippen molar-refractivity contribution in [3.63, 3.8) is 0 Å². The predicted molar refractivity (Wildman–Crippen MR) is 58.5 cm³/mol. The van der Waals surface area contributed by atoms with Gasteiger partial charge in [0.25, 0.3) is 0 Å². The Morgan fingerprint density at radius 3 is 2.50 bits per heavy atom. The van der Waals surface area contributed by atoms with Crippen LogP contribution in [0.15, 0.2) is 0 Å². The molecule has 14 heavy (non-hydrogen) atoms. The highest BCUT2D eigenvalue weighted by atomic mass is 16.5. The van der Waals surface area contributed by atoms with Gasteiger partial charge in [-0.3, -0.25) is 0 Å². The van der Waals surface area contributed by atoms with Crippen LogP contribution in [0, 0.1) is 0 Å². The van der Waals surface area contributed by atoms with Crippen molar-refractivity contribution in [2.45, 2.75) is 63.5 Å². The van der Waals surface area contributed by atoms with Crippen molar-refractivity contribution in [3.8, 4) is 0 Å². The van der Waals surface area contributed by atoms with Crippen molar-refractivity contribution in [3.05, 3.63) is 0 Å².